The van der Waals surface area contributed by atoms with E-state index in [9.17, 15) is 4.79 Å². The first-order valence-corrected chi connectivity index (χ1v) is 7.73. The Bertz CT molecular complexity index is 605. The van der Waals surface area contributed by atoms with Crippen molar-refractivity contribution in [1.82, 2.24) is 5.16 Å². The molecule has 1 fully saturated rings. The van der Waals surface area contributed by atoms with Crippen molar-refractivity contribution in [2.75, 3.05) is 13.2 Å². The van der Waals surface area contributed by atoms with Crippen LogP contribution in [0.4, 0.5) is 0 Å². The lowest BCUT2D eigenvalue weighted by Crippen LogP contribution is -2.53. The van der Waals surface area contributed by atoms with Crippen LogP contribution in [-0.2, 0) is 20.9 Å². The van der Waals surface area contributed by atoms with E-state index in [4.69, 9.17) is 19.7 Å². The molecule has 2 aliphatic heterocycles. The van der Waals surface area contributed by atoms with Crippen molar-refractivity contribution in [2.45, 2.75) is 32.6 Å². The van der Waals surface area contributed by atoms with Crippen LogP contribution in [0.1, 0.15) is 25.3 Å². The number of hydrogen-bond acceptors (Lipinski definition) is 6. The van der Waals surface area contributed by atoms with Crippen LogP contribution < -0.4 is 5.73 Å². The van der Waals surface area contributed by atoms with Crippen molar-refractivity contribution < 1.29 is 18.8 Å². The minimum absolute atomic E-state index is 0.0497. The van der Waals surface area contributed by atoms with E-state index >= 15 is 0 Å². The maximum absolute atomic E-state index is 12.4. The largest absolute Gasteiger partial charge is 0.381 e. The molecule has 7 heteroatoms. The molecule has 1 amide bonds. The lowest BCUT2D eigenvalue weighted by atomic mass is 9.68. The fourth-order valence-corrected chi connectivity index (χ4v) is 3.34. The van der Waals surface area contributed by atoms with Gasteiger partial charge in [0.15, 0.2) is 6.23 Å². The van der Waals surface area contributed by atoms with Crippen molar-refractivity contribution in [2.24, 2.45) is 22.1 Å². The Morgan fingerprint density at radius 2 is 2.26 bits per heavy atom. The molecular formula is C16H21N3O4. The van der Waals surface area contributed by atoms with Gasteiger partial charge >= 0.3 is 0 Å². The van der Waals surface area contributed by atoms with Crippen LogP contribution in [0, 0.1) is 11.3 Å². The molecule has 1 aromatic heterocycles. The van der Waals surface area contributed by atoms with Gasteiger partial charge in [-0.2, -0.15) is 0 Å². The first-order chi connectivity index (χ1) is 11.1. The third kappa shape index (κ3) is 3.07. The molecule has 1 saturated heterocycles. The highest BCUT2D eigenvalue weighted by Gasteiger charge is 2.51. The van der Waals surface area contributed by atoms with E-state index in [1.54, 1.807) is 12.4 Å². The summed E-state index contributed by atoms with van der Waals surface area (Å²) in [6, 6.07) is 0. The zero-order chi connectivity index (χ0) is 16.3. The van der Waals surface area contributed by atoms with Crippen molar-refractivity contribution >= 4 is 12.1 Å². The van der Waals surface area contributed by atoms with E-state index in [-0.39, 0.29) is 12.5 Å². The van der Waals surface area contributed by atoms with Crippen LogP contribution in [0.3, 0.4) is 0 Å². The number of hydrogen-bond donors (Lipinski definition) is 1. The fraction of sp³-hybridized carbons (Fsp3) is 0.562. The monoisotopic (exact) mass is 319 g/mol. The zero-order valence-corrected chi connectivity index (χ0v) is 13.1. The van der Waals surface area contributed by atoms with E-state index in [2.05, 4.69) is 10.1 Å². The second-order valence-corrected chi connectivity index (χ2v) is 6.05. The van der Waals surface area contributed by atoms with Gasteiger partial charge in [0, 0.05) is 25.0 Å². The van der Waals surface area contributed by atoms with E-state index in [0.717, 1.165) is 24.0 Å². The normalized spacial score (nSPS) is 28.6. The molecule has 0 aromatic carbocycles. The average Bonchev–Trinajstić information content (AvgIpc) is 3.07. The average molecular weight is 319 g/mol. The van der Waals surface area contributed by atoms with E-state index < -0.39 is 17.6 Å². The first kappa shape index (κ1) is 15.9. The Morgan fingerprint density at radius 3 is 2.91 bits per heavy atom. The molecule has 3 rings (SSSR count). The van der Waals surface area contributed by atoms with Crippen LogP contribution in [-0.4, -0.2) is 36.7 Å². The van der Waals surface area contributed by atoms with Crippen LogP contribution in [0.5, 0.6) is 0 Å². The van der Waals surface area contributed by atoms with Gasteiger partial charge in [-0.1, -0.05) is 11.2 Å². The number of ether oxygens (including phenoxy) is 2. The Balaban J connectivity index is 1.87. The summed E-state index contributed by atoms with van der Waals surface area (Å²) in [5.41, 5.74) is 6.59. The van der Waals surface area contributed by atoms with Crippen molar-refractivity contribution in [1.29, 1.82) is 0 Å². The Morgan fingerprint density at radius 1 is 1.48 bits per heavy atom. The van der Waals surface area contributed by atoms with Crippen molar-refractivity contribution in [3.05, 3.63) is 29.7 Å². The molecule has 0 radical (unpaired) electrons. The third-order valence-corrected chi connectivity index (χ3v) is 4.50. The predicted octanol–water partition coefficient (Wildman–Crippen LogP) is 1.45. The highest BCUT2D eigenvalue weighted by Crippen LogP contribution is 2.43. The SMILES string of the molecule is CC1=CC(C(N)=O)(C2CCOCC2)C(OCc2cnoc2)N=C1. The molecule has 2 N–H and O–H groups in total. The van der Waals surface area contributed by atoms with Crippen LogP contribution in [0.2, 0.25) is 0 Å². The quantitative estimate of drug-likeness (QED) is 0.885. The van der Waals surface area contributed by atoms with Gasteiger partial charge in [0.2, 0.25) is 5.91 Å². The molecule has 2 atom stereocenters. The van der Waals surface area contributed by atoms with Gasteiger partial charge in [-0.05, 0) is 31.3 Å². The number of aromatic nitrogens is 1. The lowest BCUT2D eigenvalue weighted by molar-refractivity contribution is -0.143. The lowest BCUT2D eigenvalue weighted by Gasteiger charge is -2.43. The maximum atomic E-state index is 12.4. The number of carbonyl (C=O) groups is 1. The molecular weight excluding hydrogens is 298 g/mol. The number of aliphatic imine (C=N–C) groups is 1. The summed E-state index contributed by atoms with van der Waals surface area (Å²) < 4.78 is 16.1. The molecule has 7 nitrogen and oxygen atoms in total. The zero-order valence-electron chi connectivity index (χ0n) is 13.1. The number of primary amides is 1. The molecule has 0 aliphatic carbocycles. The van der Waals surface area contributed by atoms with Gasteiger partial charge in [0.05, 0.1) is 12.8 Å². The number of amides is 1. The summed E-state index contributed by atoms with van der Waals surface area (Å²) in [5, 5.41) is 3.65. The predicted molar refractivity (Wildman–Crippen MR) is 82.5 cm³/mol. The first-order valence-electron chi connectivity index (χ1n) is 7.73. The van der Waals surface area contributed by atoms with E-state index in [1.165, 1.54) is 6.26 Å². The smallest absolute Gasteiger partial charge is 0.232 e. The number of allylic oxidation sites excluding steroid dienone is 1. The van der Waals surface area contributed by atoms with Crippen molar-refractivity contribution in [3.63, 3.8) is 0 Å². The number of rotatable bonds is 5. The summed E-state index contributed by atoms with van der Waals surface area (Å²) in [6.07, 6.45) is 7.59. The van der Waals surface area contributed by atoms with Gasteiger partial charge in [-0.25, -0.2) is 0 Å². The van der Waals surface area contributed by atoms with Crippen LogP contribution >= 0.6 is 0 Å². The molecule has 0 spiro atoms. The summed E-state index contributed by atoms with van der Waals surface area (Å²) >= 11 is 0. The summed E-state index contributed by atoms with van der Waals surface area (Å²) in [7, 11) is 0. The molecule has 2 aliphatic rings. The van der Waals surface area contributed by atoms with Gasteiger partial charge in [0.1, 0.15) is 11.7 Å². The summed E-state index contributed by atoms with van der Waals surface area (Å²) in [4.78, 5) is 16.9. The van der Waals surface area contributed by atoms with Crippen LogP contribution in [0.25, 0.3) is 0 Å². The number of nitrogens with zero attached hydrogens (tertiary/aromatic N) is 2. The summed E-state index contributed by atoms with van der Waals surface area (Å²) in [6.45, 7) is 3.41. The molecule has 3 heterocycles. The second-order valence-electron chi connectivity index (χ2n) is 6.05. The standard InChI is InChI=1S/C16H21N3O4/c1-11-6-16(14(17)20,13-2-4-21-5-3-13)15(18-7-11)22-9-12-8-19-23-10-12/h6-8,10,13,15H,2-5,9H2,1H3,(H2,17,20). The molecule has 0 saturated carbocycles. The number of nitrogens with two attached hydrogens (primary N) is 1. The molecule has 0 bridgehead atoms. The Hall–Kier alpha value is -1.99. The van der Waals surface area contributed by atoms with Crippen LogP contribution in [0.15, 0.2) is 33.6 Å². The Kier molecular flexibility index (Phi) is 4.58. The van der Waals surface area contributed by atoms with Crippen molar-refractivity contribution in [3.8, 4) is 0 Å². The third-order valence-electron chi connectivity index (χ3n) is 4.50. The number of dihydropyridines is 1. The van der Waals surface area contributed by atoms with E-state index in [0.29, 0.717) is 13.2 Å². The van der Waals surface area contributed by atoms with Gasteiger partial charge in [0.25, 0.3) is 0 Å². The molecule has 23 heavy (non-hydrogen) atoms. The highest BCUT2D eigenvalue weighted by atomic mass is 16.5. The molecule has 2 unspecified atom stereocenters. The van der Waals surface area contributed by atoms with Gasteiger partial charge in [-0.3, -0.25) is 9.79 Å². The summed E-state index contributed by atoms with van der Waals surface area (Å²) in [5.74, 6) is -0.357. The van der Waals surface area contributed by atoms with Gasteiger partial charge in [-0.15, -0.1) is 0 Å². The topological polar surface area (TPSA) is 99.9 Å². The fourth-order valence-electron chi connectivity index (χ4n) is 3.34. The molecule has 1 aromatic rings. The number of carbonyl (C=O) groups excluding carboxylic acids is 1. The minimum atomic E-state index is -0.945. The Labute approximate surface area is 134 Å². The second kappa shape index (κ2) is 6.64. The maximum Gasteiger partial charge on any atom is 0.232 e. The van der Waals surface area contributed by atoms with Gasteiger partial charge < -0.3 is 19.7 Å². The highest BCUT2D eigenvalue weighted by molar-refractivity contribution is 5.89. The minimum Gasteiger partial charge on any atom is -0.381 e. The van der Waals surface area contributed by atoms with E-state index in [1.807, 2.05) is 13.0 Å². The molecule has 124 valence electrons.